The van der Waals surface area contributed by atoms with Crippen molar-refractivity contribution in [3.05, 3.63) is 45.5 Å². The molecule has 0 saturated heterocycles. The fourth-order valence-electron chi connectivity index (χ4n) is 2.09. The van der Waals surface area contributed by atoms with Crippen LogP contribution in [0.5, 0.6) is 0 Å². The number of hydrogen-bond acceptors (Lipinski definition) is 4. The van der Waals surface area contributed by atoms with Gasteiger partial charge in [0.1, 0.15) is 11.5 Å². The van der Waals surface area contributed by atoms with Gasteiger partial charge in [0.05, 0.1) is 6.54 Å². The van der Waals surface area contributed by atoms with E-state index in [0.717, 1.165) is 37.7 Å². The van der Waals surface area contributed by atoms with Crippen molar-refractivity contribution in [2.75, 3.05) is 13.6 Å². The zero-order chi connectivity index (χ0) is 13.7. The highest BCUT2D eigenvalue weighted by Crippen LogP contribution is 2.18. The molecular weight excluding hydrogens is 256 g/mol. The zero-order valence-corrected chi connectivity index (χ0v) is 12.7. The maximum Gasteiger partial charge on any atom is 0.118 e. The lowest BCUT2D eigenvalue weighted by atomic mass is 10.2. The Morgan fingerprint density at radius 2 is 2.21 bits per heavy atom. The van der Waals surface area contributed by atoms with Crippen LogP contribution in [0.2, 0.25) is 0 Å². The maximum absolute atomic E-state index is 5.82. The van der Waals surface area contributed by atoms with Gasteiger partial charge in [-0.3, -0.25) is 4.90 Å². The van der Waals surface area contributed by atoms with Crippen molar-refractivity contribution in [2.45, 2.75) is 33.5 Å². The number of thiophene rings is 1. The monoisotopic (exact) mass is 278 g/mol. The molecule has 0 bridgehead atoms. The molecule has 0 unspecified atom stereocenters. The Bertz CT molecular complexity index is 490. The van der Waals surface area contributed by atoms with Gasteiger partial charge in [-0.25, -0.2) is 0 Å². The molecule has 0 radical (unpaired) electrons. The summed E-state index contributed by atoms with van der Waals surface area (Å²) >= 11 is 1.80. The Labute approximate surface area is 119 Å². The summed E-state index contributed by atoms with van der Waals surface area (Å²) in [5.41, 5.74) is 1.27. The van der Waals surface area contributed by atoms with Crippen LogP contribution in [0.4, 0.5) is 0 Å². The minimum absolute atomic E-state index is 0.852. The van der Waals surface area contributed by atoms with Gasteiger partial charge < -0.3 is 9.73 Å². The van der Waals surface area contributed by atoms with E-state index in [1.807, 2.05) is 6.92 Å². The zero-order valence-electron chi connectivity index (χ0n) is 11.9. The van der Waals surface area contributed by atoms with Gasteiger partial charge in [0, 0.05) is 23.5 Å². The quantitative estimate of drug-likeness (QED) is 0.841. The first-order valence-electron chi connectivity index (χ1n) is 6.69. The second-order valence-corrected chi connectivity index (χ2v) is 5.86. The van der Waals surface area contributed by atoms with Crippen molar-refractivity contribution in [3.8, 4) is 0 Å². The van der Waals surface area contributed by atoms with Crippen LogP contribution in [0, 0.1) is 6.92 Å². The summed E-state index contributed by atoms with van der Waals surface area (Å²) < 4.78 is 5.82. The number of furan rings is 1. The molecule has 0 amide bonds. The van der Waals surface area contributed by atoms with Crippen molar-refractivity contribution in [2.24, 2.45) is 0 Å². The summed E-state index contributed by atoms with van der Waals surface area (Å²) in [6, 6.07) is 6.44. The second-order valence-electron chi connectivity index (χ2n) is 4.83. The largest absolute Gasteiger partial charge is 0.465 e. The predicted octanol–water partition coefficient (Wildman–Crippen LogP) is 3.39. The number of rotatable bonds is 7. The van der Waals surface area contributed by atoms with Crippen molar-refractivity contribution in [3.63, 3.8) is 0 Å². The summed E-state index contributed by atoms with van der Waals surface area (Å²) in [5, 5.41) is 5.46. The van der Waals surface area contributed by atoms with Crippen LogP contribution >= 0.6 is 11.3 Å². The summed E-state index contributed by atoms with van der Waals surface area (Å²) in [5.74, 6) is 2.07. The van der Waals surface area contributed by atoms with E-state index in [0.29, 0.717) is 0 Å². The topological polar surface area (TPSA) is 28.4 Å². The third-order valence-corrected chi connectivity index (χ3v) is 3.93. The molecule has 2 aromatic heterocycles. The number of aryl methyl sites for hydroxylation is 1. The first-order valence-corrected chi connectivity index (χ1v) is 7.56. The first-order chi connectivity index (χ1) is 9.19. The highest BCUT2D eigenvalue weighted by Gasteiger charge is 2.09. The van der Waals surface area contributed by atoms with E-state index in [-0.39, 0.29) is 0 Å². The van der Waals surface area contributed by atoms with Crippen LogP contribution < -0.4 is 5.32 Å². The lowest BCUT2D eigenvalue weighted by Gasteiger charge is -2.13. The Kier molecular flexibility index (Phi) is 5.19. The van der Waals surface area contributed by atoms with E-state index in [2.05, 4.69) is 47.8 Å². The van der Waals surface area contributed by atoms with Crippen molar-refractivity contribution >= 4 is 11.3 Å². The molecule has 0 spiro atoms. The molecule has 3 nitrogen and oxygen atoms in total. The van der Waals surface area contributed by atoms with Gasteiger partial charge in [-0.2, -0.15) is 0 Å². The molecule has 0 aromatic carbocycles. The van der Waals surface area contributed by atoms with Crippen molar-refractivity contribution in [1.29, 1.82) is 0 Å². The van der Waals surface area contributed by atoms with Crippen LogP contribution in [-0.2, 0) is 19.6 Å². The van der Waals surface area contributed by atoms with E-state index in [1.54, 1.807) is 11.3 Å². The SMILES string of the molecule is CCNCc1cc(CN(C)Cc2cccs2)oc1C. The number of nitrogens with one attached hydrogen (secondary N) is 1. The minimum atomic E-state index is 0.852. The Morgan fingerprint density at radius 1 is 1.37 bits per heavy atom. The molecule has 2 rings (SSSR count). The third kappa shape index (κ3) is 4.20. The molecule has 0 atom stereocenters. The average Bonchev–Trinajstić information content (AvgIpc) is 2.97. The molecule has 0 aliphatic heterocycles. The van der Waals surface area contributed by atoms with E-state index in [9.17, 15) is 0 Å². The fraction of sp³-hybridized carbons (Fsp3) is 0.467. The highest BCUT2D eigenvalue weighted by atomic mass is 32.1. The maximum atomic E-state index is 5.82. The van der Waals surface area contributed by atoms with Gasteiger partial charge in [-0.15, -0.1) is 11.3 Å². The molecule has 1 N–H and O–H groups in total. The summed E-state index contributed by atoms with van der Waals surface area (Å²) in [7, 11) is 2.13. The van der Waals surface area contributed by atoms with Crippen LogP contribution in [0.1, 0.15) is 28.9 Å². The lowest BCUT2D eigenvalue weighted by Crippen LogP contribution is -2.16. The van der Waals surface area contributed by atoms with Crippen LogP contribution in [-0.4, -0.2) is 18.5 Å². The summed E-state index contributed by atoms with van der Waals surface area (Å²) in [6.45, 7) is 7.85. The molecule has 2 aromatic rings. The molecule has 0 fully saturated rings. The van der Waals surface area contributed by atoms with E-state index < -0.39 is 0 Å². The lowest BCUT2D eigenvalue weighted by molar-refractivity contribution is 0.287. The van der Waals surface area contributed by atoms with Crippen LogP contribution in [0.3, 0.4) is 0 Å². The van der Waals surface area contributed by atoms with Gasteiger partial charge in [-0.1, -0.05) is 13.0 Å². The van der Waals surface area contributed by atoms with Crippen LogP contribution in [0.25, 0.3) is 0 Å². The molecule has 4 heteroatoms. The molecule has 104 valence electrons. The molecule has 19 heavy (non-hydrogen) atoms. The molecule has 0 aliphatic rings. The molecular formula is C15H22N2OS. The van der Waals surface area contributed by atoms with E-state index in [4.69, 9.17) is 4.42 Å². The third-order valence-electron chi connectivity index (χ3n) is 3.07. The smallest absolute Gasteiger partial charge is 0.118 e. The van der Waals surface area contributed by atoms with E-state index in [1.165, 1.54) is 10.4 Å². The highest BCUT2D eigenvalue weighted by molar-refractivity contribution is 7.09. The van der Waals surface area contributed by atoms with Gasteiger partial charge in [0.15, 0.2) is 0 Å². The number of hydrogen-bond donors (Lipinski definition) is 1. The standard InChI is InChI=1S/C15H22N2OS/c1-4-16-9-13-8-14(18-12(13)2)10-17(3)11-15-6-5-7-19-15/h5-8,16H,4,9-11H2,1-3H3. The van der Waals surface area contributed by atoms with E-state index >= 15 is 0 Å². The summed E-state index contributed by atoms with van der Waals surface area (Å²) in [4.78, 5) is 3.67. The fourth-order valence-corrected chi connectivity index (χ4v) is 2.88. The second kappa shape index (κ2) is 6.89. The van der Waals surface area contributed by atoms with Gasteiger partial charge in [0.25, 0.3) is 0 Å². The Balaban J connectivity index is 1.91. The predicted molar refractivity (Wildman–Crippen MR) is 80.3 cm³/mol. The number of nitrogens with zero attached hydrogens (tertiary/aromatic N) is 1. The molecule has 0 saturated carbocycles. The van der Waals surface area contributed by atoms with Crippen molar-refractivity contribution in [1.82, 2.24) is 10.2 Å². The average molecular weight is 278 g/mol. The van der Waals surface area contributed by atoms with Crippen molar-refractivity contribution < 1.29 is 4.42 Å². The Morgan fingerprint density at radius 3 is 2.89 bits per heavy atom. The Hall–Kier alpha value is -1.10. The van der Waals surface area contributed by atoms with Gasteiger partial charge >= 0.3 is 0 Å². The van der Waals surface area contributed by atoms with Gasteiger partial charge in [0.2, 0.25) is 0 Å². The first kappa shape index (κ1) is 14.3. The minimum Gasteiger partial charge on any atom is -0.465 e. The van der Waals surface area contributed by atoms with Gasteiger partial charge in [-0.05, 0) is 38.0 Å². The van der Waals surface area contributed by atoms with Crippen LogP contribution in [0.15, 0.2) is 28.0 Å². The molecule has 0 aliphatic carbocycles. The summed E-state index contributed by atoms with van der Waals surface area (Å²) in [6.07, 6.45) is 0. The normalized spacial score (nSPS) is 11.4. The molecule has 2 heterocycles.